The summed E-state index contributed by atoms with van der Waals surface area (Å²) in [5.74, 6) is -0.431. The van der Waals surface area contributed by atoms with Crippen molar-refractivity contribution in [2.45, 2.75) is 68.8 Å². The van der Waals surface area contributed by atoms with Gasteiger partial charge in [-0.3, -0.25) is 4.79 Å². The number of carbonyl (C=O) groups excluding carboxylic acids is 1. The first-order chi connectivity index (χ1) is 15.5. The zero-order chi connectivity index (χ0) is 22.1. The van der Waals surface area contributed by atoms with Crippen LogP contribution in [0.25, 0.3) is 0 Å². The van der Waals surface area contributed by atoms with Crippen molar-refractivity contribution in [2.75, 3.05) is 6.54 Å². The summed E-state index contributed by atoms with van der Waals surface area (Å²) in [6, 6.07) is 14.9. The van der Waals surface area contributed by atoms with Crippen LogP contribution in [0.15, 0.2) is 48.5 Å². The summed E-state index contributed by atoms with van der Waals surface area (Å²) >= 11 is 0. The Morgan fingerprint density at radius 1 is 1.06 bits per heavy atom. The normalized spacial score (nSPS) is 29.1. The van der Waals surface area contributed by atoms with Gasteiger partial charge in [-0.05, 0) is 41.7 Å². The van der Waals surface area contributed by atoms with Crippen molar-refractivity contribution in [3.63, 3.8) is 0 Å². The van der Waals surface area contributed by atoms with Crippen LogP contribution in [0, 0.1) is 5.82 Å². The lowest BCUT2D eigenvalue weighted by Gasteiger charge is -2.22. The molecule has 0 spiro atoms. The quantitative estimate of drug-likeness (QED) is 0.613. The van der Waals surface area contributed by atoms with Crippen molar-refractivity contribution >= 4 is 5.91 Å². The molecule has 6 nitrogen and oxygen atoms in total. The Morgan fingerprint density at radius 2 is 1.78 bits per heavy atom. The van der Waals surface area contributed by atoms with E-state index in [4.69, 9.17) is 9.47 Å². The summed E-state index contributed by atoms with van der Waals surface area (Å²) < 4.78 is 25.0. The first-order valence-electron chi connectivity index (χ1n) is 11.4. The molecule has 3 aliphatic rings. The van der Waals surface area contributed by atoms with Gasteiger partial charge in [0.25, 0.3) is 0 Å². The molecule has 1 amide bonds. The maximum atomic E-state index is 13.0. The molecule has 2 aliphatic heterocycles. The van der Waals surface area contributed by atoms with Gasteiger partial charge in [-0.2, -0.15) is 0 Å². The number of amides is 1. The van der Waals surface area contributed by atoms with E-state index in [1.165, 1.54) is 23.3 Å². The van der Waals surface area contributed by atoms with E-state index in [9.17, 15) is 14.3 Å². The summed E-state index contributed by atoms with van der Waals surface area (Å²) in [7, 11) is 0. The average Bonchev–Trinajstić information content (AvgIpc) is 3.46. The topological polar surface area (TPSA) is 79.8 Å². The molecule has 0 bridgehead atoms. The lowest BCUT2D eigenvalue weighted by molar-refractivity contribution is -0.124. The van der Waals surface area contributed by atoms with Gasteiger partial charge >= 0.3 is 0 Å². The van der Waals surface area contributed by atoms with Gasteiger partial charge in [-0.25, -0.2) is 4.39 Å². The van der Waals surface area contributed by atoms with Crippen LogP contribution in [0.3, 0.4) is 0 Å². The number of aliphatic hydroxyl groups excluding tert-OH is 1. The van der Waals surface area contributed by atoms with Crippen LogP contribution < -0.4 is 10.6 Å². The Bertz CT molecular complexity index is 928. The summed E-state index contributed by atoms with van der Waals surface area (Å²) in [4.78, 5) is 12.3. The second kappa shape index (κ2) is 9.27. The highest BCUT2D eigenvalue weighted by Gasteiger charge is 2.50. The molecule has 0 saturated carbocycles. The number of halogens is 1. The summed E-state index contributed by atoms with van der Waals surface area (Å²) in [6.07, 6.45) is 0.945. The molecule has 0 radical (unpaired) electrons. The number of ether oxygens (including phenoxy) is 2. The molecule has 5 rings (SSSR count). The Kier molecular flexibility index (Phi) is 6.24. The average molecular weight is 441 g/mol. The molecule has 1 aliphatic carbocycles. The minimum Gasteiger partial charge on any atom is -0.388 e. The van der Waals surface area contributed by atoms with Crippen molar-refractivity contribution in [3.8, 4) is 0 Å². The van der Waals surface area contributed by atoms with Crippen molar-refractivity contribution in [3.05, 3.63) is 71.0 Å². The Morgan fingerprint density at radius 3 is 2.47 bits per heavy atom. The third-order valence-corrected chi connectivity index (χ3v) is 6.75. The maximum absolute atomic E-state index is 13.0. The van der Waals surface area contributed by atoms with Gasteiger partial charge in [0.1, 0.15) is 18.0 Å². The lowest BCUT2D eigenvalue weighted by Crippen LogP contribution is -2.42. The van der Waals surface area contributed by atoms with Crippen LogP contribution in [-0.4, -0.2) is 54.1 Å². The highest BCUT2D eigenvalue weighted by Crippen LogP contribution is 2.35. The monoisotopic (exact) mass is 440 g/mol. The molecule has 3 N–H and O–H groups in total. The van der Waals surface area contributed by atoms with E-state index in [-0.39, 0.29) is 36.5 Å². The molecule has 32 heavy (non-hydrogen) atoms. The third-order valence-electron chi connectivity index (χ3n) is 6.75. The van der Waals surface area contributed by atoms with E-state index in [1.54, 1.807) is 12.1 Å². The molecule has 2 aromatic rings. The maximum Gasteiger partial charge on any atom is 0.222 e. The molecule has 5 atom stereocenters. The third kappa shape index (κ3) is 4.71. The van der Waals surface area contributed by atoms with Gasteiger partial charge in [-0.1, -0.05) is 36.4 Å². The largest absolute Gasteiger partial charge is 0.388 e. The predicted molar refractivity (Wildman–Crippen MR) is 116 cm³/mol. The van der Waals surface area contributed by atoms with Crippen LogP contribution in [0.1, 0.15) is 29.5 Å². The van der Waals surface area contributed by atoms with Gasteiger partial charge in [0, 0.05) is 25.6 Å². The van der Waals surface area contributed by atoms with E-state index in [1.807, 2.05) is 0 Å². The van der Waals surface area contributed by atoms with E-state index in [0.29, 0.717) is 25.6 Å². The second-order valence-electron chi connectivity index (χ2n) is 9.05. The molecule has 2 aromatic carbocycles. The van der Waals surface area contributed by atoms with Crippen LogP contribution in [-0.2, 0) is 33.7 Å². The number of benzene rings is 2. The lowest BCUT2D eigenvalue weighted by atomic mass is 10.1. The van der Waals surface area contributed by atoms with Gasteiger partial charge in [-0.15, -0.1) is 0 Å². The minimum absolute atomic E-state index is 0.132. The van der Waals surface area contributed by atoms with Crippen LogP contribution in [0.4, 0.5) is 4.39 Å². The number of carbonyl (C=O) groups is 1. The summed E-state index contributed by atoms with van der Waals surface area (Å²) in [5, 5.41) is 17.1. The summed E-state index contributed by atoms with van der Waals surface area (Å²) in [6.45, 7) is 0.926. The molecule has 2 heterocycles. The fourth-order valence-corrected chi connectivity index (χ4v) is 5.08. The fourth-order valence-electron chi connectivity index (χ4n) is 5.08. The van der Waals surface area contributed by atoms with Crippen LogP contribution >= 0.6 is 0 Å². The predicted octanol–water partition coefficient (Wildman–Crippen LogP) is 1.87. The number of aliphatic hydroxyl groups is 1. The first-order valence-corrected chi connectivity index (χ1v) is 11.4. The smallest absolute Gasteiger partial charge is 0.222 e. The van der Waals surface area contributed by atoms with E-state index in [2.05, 4.69) is 34.9 Å². The highest BCUT2D eigenvalue weighted by molar-refractivity contribution is 5.76. The molecular formula is C25H29FN2O4. The molecule has 170 valence electrons. The number of fused-ring (bicyclic) bond motifs is 2. The molecule has 7 heteroatoms. The number of hydrogen-bond donors (Lipinski definition) is 3. The van der Waals surface area contributed by atoms with E-state index >= 15 is 0 Å². The molecule has 2 fully saturated rings. The van der Waals surface area contributed by atoms with Crippen molar-refractivity contribution < 1.29 is 23.8 Å². The molecular weight excluding hydrogens is 411 g/mol. The van der Waals surface area contributed by atoms with Gasteiger partial charge < -0.3 is 25.2 Å². The van der Waals surface area contributed by atoms with Crippen molar-refractivity contribution in [1.29, 1.82) is 0 Å². The Labute approximate surface area is 187 Å². The van der Waals surface area contributed by atoms with Gasteiger partial charge in [0.15, 0.2) is 0 Å². The second-order valence-corrected chi connectivity index (χ2v) is 9.05. The van der Waals surface area contributed by atoms with Crippen LogP contribution in [0.2, 0.25) is 0 Å². The SMILES string of the molecule is O=C(C[C@@H]1C[C@H]2O[C@H](CNC3Cc4ccccc4C3)[C@@H](O)[C@H]2O1)NCc1ccc(F)cc1. The molecule has 0 aromatic heterocycles. The van der Waals surface area contributed by atoms with Gasteiger partial charge in [0.2, 0.25) is 5.91 Å². The number of nitrogens with one attached hydrogen (secondary N) is 2. The van der Waals surface area contributed by atoms with E-state index in [0.717, 1.165) is 18.4 Å². The molecule has 2 saturated heterocycles. The first kappa shape index (κ1) is 21.5. The Hall–Kier alpha value is -2.32. The molecule has 0 unspecified atom stereocenters. The fraction of sp³-hybridized carbons (Fsp3) is 0.480. The zero-order valence-electron chi connectivity index (χ0n) is 17.9. The van der Waals surface area contributed by atoms with E-state index < -0.39 is 12.2 Å². The number of rotatable bonds is 7. The van der Waals surface area contributed by atoms with Gasteiger partial charge in [0.05, 0.1) is 24.7 Å². The van der Waals surface area contributed by atoms with Crippen molar-refractivity contribution in [1.82, 2.24) is 10.6 Å². The standard InChI is InChI=1S/C25H29FN2O4/c26-18-7-5-15(6-8-18)13-28-23(29)12-20-11-21-25(31-20)24(30)22(32-21)14-27-19-9-16-3-1-2-4-17(16)10-19/h1-8,19-22,24-25,27,30H,9-14H2,(H,28,29)/t20-,21+,22+,24+,25-/m0/s1. The minimum atomic E-state index is -0.705. The summed E-state index contributed by atoms with van der Waals surface area (Å²) in [5.41, 5.74) is 3.61. The number of hydrogen-bond acceptors (Lipinski definition) is 5. The Balaban J connectivity index is 1.04. The zero-order valence-corrected chi connectivity index (χ0v) is 17.9. The van der Waals surface area contributed by atoms with Crippen LogP contribution in [0.5, 0.6) is 0 Å². The highest BCUT2D eigenvalue weighted by atomic mass is 19.1. The van der Waals surface area contributed by atoms with Crippen molar-refractivity contribution in [2.24, 2.45) is 0 Å².